The molecule has 0 aliphatic rings. The average Bonchev–Trinajstić information content (AvgIpc) is 3.61. The van der Waals surface area contributed by atoms with E-state index in [1.807, 2.05) is 119 Å². The molecule has 1 N–H and O–H groups in total. The Kier molecular flexibility index (Phi) is 11.7. The first-order chi connectivity index (χ1) is 24.5. The lowest BCUT2D eigenvalue weighted by atomic mass is 9.82. The number of carbonyl (C=O) groups excluding carboxylic acids is 1. The summed E-state index contributed by atoms with van der Waals surface area (Å²) in [5.74, 6) is -0.587. The summed E-state index contributed by atoms with van der Waals surface area (Å²) in [5.41, 5.74) is -0.185. The number of hydrogen-bond acceptors (Lipinski definition) is 6. The van der Waals surface area contributed by atoms with Crippen LogP contribution in [0.5, 0.6) is 0 Å². The normalized spacial score (nSPS) is 12.8. The number of ketones is 1. The molecule has 1 aromatic heterocycles. The number of hydrogen-bond donors (Lipinski definition) is 1. The van der Waals surface area contributed by atoms with E-state index >= 15 is 4.79 Å². The minimum Gasteiger partial charge on any atom is -0.465 e. The molecule has 1 amide bonds. The molecule has 0 spiro atoms. The van der Waals surface area contributed by atoms with Crippen molar-refractivity contribution in [2.45, 2.75) is 65.5 Å². The standard InChI is InChI=1S/C41H42FN4O4P/c1-5-6-22-34(46(40(48)49)36(41(2,3)4)27-37-44-45-39(50-37)29-23-25-30(42)26-24-29)38(47)35(28-43)51(31-16-10-7-11-17-31,32-18-12-8-13-19-32)33-20-14-9-15-21-33/h7-21,23-26,34,36H,5-6,22,27H2,1-4H3,(H,48,49)/t34-,36+/m0/s1. The molecule has 8 nitrogen and oxygen atoms in total. The molecule has 0 radical (unpaired) electrons. The number of carboxylic acid groups (broad SMARTS) is 1. The van der Waals surface area contributed by atoms with E-state index in [0.29, 0.717) is 18.4 Å². The van der Waals surface area contributed by atoms with Crippen molar-refractivity contribution in [2.75, 3.05) is 0 Å². The van der Waals surface area contributed by atoms with Crippen LogP contribution in [0.4, 0.5) is 9.18 Å². The van der Waals surface area contributed by atoms with Crippen LogP contribution in [0, 0.1) is 22.6 Å². The fraction of sp³-hybridized carbons (Fsp3) is 0.268. The van der Waals surface area contributed by atoms with E-state index in [9.17, 15) is 19.6 Å². The van der Waals surface area contributed by atoms with Crippen molar-refractivity contribution >= 4 is 40.0 Å². The Morgan fingerprint density at radius 2 is 1.37 bits per heavy atom. The first-order valence-corrected chi connectivity index (χ1v) is 18.8. The lowest BCUT2D eigenvalue weighted by Gasteiger charge is -2.42. The van der Waals surface area contributed by atoms with Crippen molar-refractivity contribution in [1.29, 1.82) is 5.26 Å². The van der Waals surface area contributed by atoms with Crippen molar-refractivity contribution in [3.05, 3.63) is 127 Å². The van der Waals surface area contributed by atoms with E-state index < -0.39 is 42.1 Å². The predicted molar refractivity (Wildman–Crippen MR) is 201 cm³/mol. The summed E-state index contributed by atoms with van der Waals surface area (Å²) in [6.07, 6.45) is 0.197. The van der Waals surface area contributed by atoms with Crippen LogP contribution in [0.2, 0.25) is 0 Å². The molecular formula is C41H42FN4O4P. The molecule has 0 fully saturated rings. The summed E-state index contributed by atoms with van der Waals surface area (Å²) in [6.45, 7) is 4.55. The fourth-order valence-electron chi connectivity index (χ4n) is 6.55. The third-order valence-corrected chi connectivity index (χ3v) is 13.3. The average molecular weight is 705 g/mol. The van der Waals surface area contributed by atoms with Gasteiger partial charge in [-0.05, 0) is 58.9 Å². The first-order valence-electron chi connectivity index (χ1n) is 17.0. The van der Waals surface area contributed by atoms with Gasteiger partial charge in [-0.3, -0.25) is 9.69 Å². The lowest BCUT2D eigenvalue weighted by molar-refractivity contribution is -0.119. The van der Waals surface area contributed by atoms with Gasteiger partial charge >= 0.3 is 6.09 Å². The summed E-state index contributed by atoms with van der Waals surface area (Å²) < 4.78 is 19.6. The zero-order valence-electron chi connectivity index (χ0n) is 29.2. The van der Waals surface area contributed by atoms with Gasteiger partial charge in [0.2, 0.25) is 11.8 Å². The van der Waals surface area contributed by atoms with Gasteiger partial charge in [0.25, 0.3) is 0 Å². The van der Waals surface area contributed by atoms with Crippen molar-refractivity contribution in [3.63, 3.8) is 0 Å². The highest BCUT2D eigenvalue weighted by atomic mass is 31.2. The monoisotopic (exact) mass is 704 g/mol. The highest BCUT2D eigenvalue weighted by Gasteiger charge is 2.44. The van der Waals surface area contributed by atoms with E-state index in [2.05, 4.69) is 16.3 Å². The molecule has 5 rings (SSSR count). The predicted octanol–water partition coefficient (Wildman–Crippen LogP) is 7.63. The van der Waals surface area contributed by atoms with Gasteiger partial charge in [0.15, 0.2) is 5.78 Å². The van der Waals surface area contributed by atoms with Gasteiger partial charge < -0.3 is 9.52 Å². The van der Waals surface area contributed by atoms with Crippen LogP contribution in [0.3, 0.4) is 0 Å². The number of unbranched alkanes of at least 4 members (excludes halogenated alkanes) is 1. The molecule has 0 aliphatic heterocycles. The molecule has 262 valence electrons. The lowest BCUT2D eigenvalue weighted by Crippen LogP contribution is -2.57. The minimum absolute atomic E-state index is 0.0120. The van der Waals surface area contributed by atoms with Crippen LogP contribution in [0.15, 0.2) is 120 Å². The molecule has 51 heavy (non-hydrogen) atoms. The SMILES string of the molecule is CCCC[C@@H](C(=O)C(C#N)=P(c1ccccc1)(c1ccccc1)c1ccccc1)N(C(=O)O)[C@H](Cc1nnc(-c2ccc(F)cc2)o1)C(C)(C)C. The highest BCUT2D eigenvalue weighted by Crippen LogP contribution is 2.47. The first kappa shape index (κ1) is 36.9. The number of carbonyl (C=O) groups is 2. The number of nitriles is 1. The van der Waals surface area contributed by atoms with Gasteiger partial charge in [-0.1, -0.05) is 132 Å². The number of amides is 1. The number of rotatable bonds is 13. The van der Waals surface area contributed by atoms with Gasteiger partial charge in [-0.25, -0.2) is 9.18 Å². The van der Waals surface area contributed by atoms with Crippen LogP contribution >= 0.6 is 6.89 Å². The Bertz CT molecular complexity index is 1930. The third-order valence-electron chi connectivity index (χ3n) is 9.06. The summed E-state index contributed by atoms with van der Waals surface area (Å²) in [4.78, 5) is 30.1. The van der Waals surface area contributed by atoms with E-state index in [1.165, 1.54) is 29.2 Å². The maximum absolute atomic E-state index is 15.4. The second kappa shape index (κ2) is 16.1. The Morgan fingerprint density at radius 3 is 1.80 bits per heavy atom. The van der Waals surface area contributed by atoms with Gasteiger partial charge in [0, 0.05) is 18.0 Å². The van der Waals surface area contributed by atoms with Crippen LogP contribution in [-0.4, -0.2) is 49.5 Å². The van der Waals surface area contributed by atoms with Crippen LogP contribution in [0.1, 0.15) is 52.8 Å². The molecule has 0 aliphatic carbocycles. The molecule has 0 saturated carbocycles. The summed E-state index contributed by atoms with van der Waals surface area (Å²) >= 11 is 0. The van der Waals surface area contributed by atoms with Gasteiger partial charge in [-0.15, -0.1) is 10.2 Å². The number of Topliss-reactive ketones (excluding diaryl/α,β-unsaturated/α-hetero) is 1. The summed E-state index contributed by atoms with van der Waals surface area (Å²) in [5, 5.41) is 33.0. The fourth-order valence-corrected chi connectivity index (χ4v) is 10.7. The highest BCUT2D eigenvalue weighted by molar-refractivity contribution is 7.97. The van der Waals surface area contributed by atoms with Crippen LogP contribution in [-0.2, 0) is 11.2 Å². The number of nitrogens with zero attached hydrogens (tertiary/aromatic N) is 4. The van der Waals surface area contributed by atoms with Gasteiger partial charge in [0.05, 0.1) is 6.04 Å². The second-order valence-electron chi connectivity index (χ2n) is 13.4. The Hall–Kier alpha value is -5.32. The van der Waals surface area contributed by atoms with Crippen molar-refractivity contribution in [2.24, 2.45) is 5.41 Å². The molecule has 2 atom stereocenters. The molecule has 5 aromatic rings. The summed E-state index contributed by atoms with van der Waals surface area (Å²) in [6, 6.07) is 34.7. The van der Waals surface area contributed by atoms with Crippen molar-refractivity contribution in [1.82, 2.24) is 15.1 Å². The zero-order valence-corrected chi connectivity index (χ0v) is 30.1. The Labute approximate surface area is 298 Å². The van der Waals surface area contributed by atoms with E-state index in [-0.39, 0.29) is 29.9 Å². The van der Waals surface area contributed by atoms with E-state index in [4.69, 9.17) is 4.42 Å². The number of halogens is 1. The van der Waals surface area contributed by atoms with Crippen molar-refractivity contribution in [3.8, 4) is 17.5 Å². The maximum Gasteiger partial charge on any atom is 0.408 e. The smallest absolute Gasteiger partial charge is 0.408 e. The zero-order chi connectivity index (χ0) is 36.6. The third kappa shape index (κ3) is 7.87. The van der Waals surface area contributed by atoms with E-state index in [0.717, 1.165) is 15.9 Å². The largest absolute Gasteiger partial charge is 0.465 e. The van der Waals surface area contributed by atoms with Crippen molar-refractivity contribution < 1.29 is 23.5 Å². The van der Waals surface area contributed by atoms with Crippen LogP contribution in [0.25, 0.3) is 11.5 Å². The quantitative estimate of drug-likeness (QED) is 0.125. The Balaban J connectivity index is 1.73. The molecule has 0 saturated heterocycles. The topological polar surface area (TPSA) is 120 Å². The van der Waals surface area contributed by atoms with E-state index in [1.54, 1.807) is 0 Å². The van der Waals surface area contributed by atoms with Gasteiger partial charge in [0.1, 0.15) is 17.2 Å². The molecule has 0 unspecified atom stereocenters. The van der Waals surface area contributed by atoms with Crippen LogP contribution < -0.4 is 15.9 Å². The minimum atomic E-state index is -3.13. The summed E-state index contributed by atoms with van der Waals surface area (Å²) in [7, 11) is 0. The molecule has 4 aromatic carbocycles. The molecule has 1 heterocycles. The molecular weight excluding hydrogens is 662 g/mol. The van der Waals surface area contributed by atoms with Gasteiger partial charge in [-0.2, -0.15) is 5.26 Å². The molecule has 10 heteroatoms. The number of aromatic nitrogens is 2. The Morgan fingerprint density at radius 1 is 0.863 bits per heavy atom. The number of benzene rings is 4. The molecule has 0 bridgehead atoms. The maximum atomic E-state index is 15.4. The second-order valence-corrected chi connectivity index (χ2v) is 16.8.